The summed E-state index contributed by atoms with van der Waals surface area (Å²) in [5.74, 6) is 0.165. The normalized spacial score (nSPS) is 10.0. The maximum atomic E-state index is 11.6. The number of rotatable bonds is 5. The van der Waals surface area contributed by atoms with E-state index < -0.39 is 0 Å². The largest absolute Gasteiger partial charge is 0.347 e. The minimum atomic E-state index is -0.307. The van der Waals surface area contributed by atoms with Gasteiger partial charge in [-0.15, -0.1) is 16.8 Å². The van der Waals surface area contributed by atoms with E-state index >= 15 is 0 Å². The van der Waals surface area contributed by atoms with Crippen LogP contribution in [0.15, 0.2) is 43.0 Å². The predicted molar refractivity (Wildman–Crippen MR) is 84.3 cm³/mol. The molecule has 1 aromatic heterocycles. The molecule has 2 N–H and O–H groups in total. The van der Waals surface area contributed by atoms with E-state index in [4.69, 9.17) is 23.2 Å². The molecule has 1 heterocycles. The Labute approximate surface area is 132 Å². The molecular weight excluding hydrogens is 311 g/mol. The molecule has 7 heteroatoms. The molecule has 1 aromatic carbocycles. The number of anilines is 2. The summed E-state index contributed by atoms with van der Waals surface area (Å²) in [4.78, 5) is 11.6. The van der Waals surface area contributed by atoms with Gasteiger partial charge in [-0.3, -0.25) is 4.79 Å². The monoisotopic (exact) mass is 322 g/mol. The summed E-state index contributed by atoms with van der Waals surface area (Å²) in [6, 6.07) is 8.27. The van der Waals surface area contributed by atoms with Crippen LogP contribution in [0.2, 0.25) is 10.0 Å². The van der Waals surface area contributed by atoms with Gasteiger partial charge < -0.3 is 10.6 Å². The molecule has 0 saturated carbocycles. The number of hydrogen-bond acceptors (Lipinski definition) is 4. The van der Waals surface area contributed by atoms with Crippen LogP contribution in [0, 0.1) is 0 Å². The minimum absolute atomic E-state index is 0.226. The molecule has 0 radical (unpaired) electrons. The van der Waals surface area contributed by atoms with E-state index in [1.165, 1.54) is 0 Å². The van der Waals surface area contributed by atoms with E-state index in [1.54, 1.807) is 36.4 Å². The number of benzene rings is 1. The number of aromatic nitrogens is 2. The van der Waals surface area contributed by atoms with Gasteiger partial charge >= 0.3 is 0 Å². The second kappa shape index (κ2) is 7.06. The smallest absolute Gasteiger partial charge is 0.272 e. The van der Waals surface area contributed by atoms with Crippen molar-refractivity contribution in [2.75, 3.05) is 11.9 Å². The third-order valence-electron chi connectivity index (χ3n) is 2.50. The maximum absolute atomic E-state index is 11.6. The lowest BCUT2D eigenvalue weighted by Crippen LogP contribution is -2.24. The Bertz CT molecular complexity index is 659. The summed E-state index contributed by atoms with van der Waals surface area (Å²) in [6.45, 7) is 3.89. The first kappa shape index (κ1) is 15.3. The first-order chi connectivity index (χ1) is 10.1. The second-order valence-electron chi connectivity index (χ2n) is 4.05. The van der Waals surface area contributed by atoms with Crippen LogP contribution in [-0.4, -0.2) is 22.6 Å². The summed E-state index contributed by atoms with van der Waals surface area (Å²) in [5.41, 5.74) is 0.879. The Balaban J connectivity index is 2.08. The third-order valence-corrected chi connectivity index (χ3v) is 3.05. The molecule has 2 aromatic rings. The molecule has 21 heavy (non-hydrogen) atoms. The quantitative estimate of drug-likeness (QED) is 0.827. The van der Waals surface area contributed by atoms with Gasteiger partial charge in [-0.25, -0.2) is 0 Å². The number of nitrogens with one attached hydrogen (secondary N) is 2. The van der Waals surface area contributed by atoms with Crippen molar-refractivity contribution in [1.29, 1.82) is 0 Å². The van der Waals surface area contributed by atoms with Gasteiger partial charge in [-0.1, -0.05) is 29.3 Å². The second-order valence-corrected chi connectivity index (χ2v) is 4.90. The fourth-order valence-electron chi connectivity index (χ4n) is 1.50. The fraction of sp³-hybridized carbons (Fsp3) is 0.0714. The molecule has 0 unspecified atom stereocenters. The van der Waals surface area contributed by atoms with E-state index in [2.05, 4.69) is 27.4 Å². The van der Waals surface area contributed by atoms with Crippen LogP contribution in [0.3, 0.4) is 0 Å². The zero-order valence-corrected chi connectivity index (χ0v) is 12.4. The van der Waals surface area contributed by atoms with E-state index in [0.717, 1.165) is 0 Å². The first-order valence-corrected chi connectivity index (χ1v) is 6.80. The summed E-state index contributed by atoms with van der Waals surface area (Å²) >= 11 is 11.9. The molecule has 0 saturated heterocycles. The van der Waals surface area contributed by atoms with E-state index in [1.807, 2.05) is 0 Å². The lowest BCUT2D eigenvalue weighted by molar-refractivity contribution is 0.0952. The lowest BCUT2D eigenvalue weighted by Gasteiger charge is -2.07. The molecule has 0 aliphatic carbocycles. The van der Waals surface area contributed by atoms with Crippen molar-refractivity contribution >= 4 is 40.6 Å². The van der Waals surface area contributed by atoms with Crippen molar-refractivity contribution in [3.63, 3.8) is 0 Å². The van der Waals surface area contributed by atoms with Gasteiger partial charge in [-0.2, -0.15) is 0 Å². The molecule has 0 fully saturated rings. The number of halogens is 2. The van der Waals surface area contributed by atoms with Crippen LogP contribution in [0.4, 0.5) is 11.5 Å². The fourth-order valence-corrected chi connectivity index (χ4v) is 1.96. The van der Waals surface area contributed by atoms with Gasteiger partial charge in [0, 0.05) is 11.6 Å². The molecule has 2 rings (SSSR count). The average Bonchev–Trinajstić information content (AvgIpc) is 2.48. The lowest BCUT2D eigenvalue weighted by atomic mass is 10.3. The van der Waals surface area contributed by atoms with Crippen molar-refractivity contribution < 1.29 is 4.79 Å². The van der Waals surface area contributed by atoms with Gasteiger partial charge in [0.1, 0.15) is 0 Å². The molecule has 1 amide bonds. The highest BCUT2D eigenvalue weighted by Gasteiger charge is 2.08. The van der Waals surface area contributed by atoms with Gasteiger partial charge in [0.15, 0.2) is 11.5 Å². The average molecular weight is 323 g/mol. The van der Waals surface area contributed by atoms with Crippen LogP contribution < -0.4 is 10.6 Å². The van der Waals surface area contributed by atoms with Crippen LogP contribution in [-0.2, 0) is 0 Å². The Morgan fingerprint density at radius 3 is 2.67 bits per heavy atom. The van der Waals surface area contributed by atoms with Gasteiger partial charge in [0.05, 0.1) is 10.7 Å². The van der Waals surface area contributed by atoms with Crippen molar-refractivity contribution in [2.45, 2.75) is 0 Å². The standard InChI is InChI=1S/C14H12Cl2N4O/c1-2-7-17-14(21)12-5-6-13(20-19-12)18-11-4-3-9(15)8-10(11)16/h2-6,8H,1,7H2,(H,17,21)(H,18,20). The topological polar surface area (TPSA) is 66.9 Å². The first-order valence-electron chi connectivity index (χ1n) is 6.05. The van der Waals surface area contributed by atoms with Crippen LogP contribution >= 0.6 is 23.2 Å². The van der Waals surface area contributed by atoms with Crippen molar-refractivity contribution in [1.82, 2.24) is 15.5 Å². The van der Waals surface area contributed by atoms with Crippen LogP contribution in [0.25, 0.3) is 0 Å². The molecule has 5 nitrogen and oxygen atoms in total. The Morgan fingerprint density at radius 2 is 2.05 bits per heavy atom. The van der Waals surface area contributed by atoms with Crippen molar-refractivity contribution in [3.05, 3.63) is 58.7 Å². The minimum Gasteiger partial charge on any atom is -0.347 e. The summed E-state index contributed by atoms with van der Waals surface area (Å²) in [6.07, 6.45) is 1.59. The van der Waals surface area contributed by atoms with Crippen molar-refractivity contribution in [3.8, 4) is 0 Å². The highest BCUT2D eigenvalue weighted by molar-refractivity contribution is 6.36. The predicted octanol–water partition coefficient (Wildman–Crippen LogP) is 3.44. The number of nitrogens with zero attached hydrogens (tertiary/aromatic N) is 2. The van der Waals surface area contributed by atoms with Gasteiger partial charge in [-0.05, 0) is 30.3 Å². The van der Waals surface area contributed by atoms with E-state index in [-0.39, 0.29) is 11.6 Å². The van der Waals surface area contributed by atoms with Crippen LogP contribution in [0.5, 0.6) is 0 Å². The van der Waals surface area contributed by atoms with Crippen LogP contribution in [0.1, 0.15) is 10.5 Å². The van der Waals surface area contributed by atoms with Gasteiger partial charge in [0.2, 0.25) is 0 Å². The summed E-state index contributed by atoms with van der Waals surface area (Å²) in [5, 5.41) is 14.4. The molecule has 0 aliphatic heterocycles. The Kier molecular flexibility index (Phi) is 5.14. The van der Waals surface area contributed by atoms with Gasteiger partial charge in [0.25, 0.3) is 5.91 Å². The summed E-state index contributed by atoms with van der Waals surface area (Å²) in [7, 11) is 0. The maximum Gasteiger partial charge on any atom is 0.272 e. The number of hydrogen-bond donors (Lipinski definition) is 2. The molecule has 0 aliphatic rings. The SMILES string of the molecule is C=CCNC(=O)c1ccc(Nc2ccc(Cl)cc2Cl)nn1. The number of amides is 1. The number of carbonyl (C=O) groups excluding carboxylic acids is 1. The summed E-state index contributed by atoms with van der Waals surface area (Å²) < 4.78 is 0. The number of carbonyl (C=O) groups is 1. The molecule has 0 bridgehead atoms. The zero-order chi connectivity index (χ0) is 15.2. The third kappa shape index (κ3) is 4.18. The van der Waals surface area contributed by atoms with Crippen molar-refractivity contribution in [2.24, 2.45) is 0 Å². The molecule has 108 valence electrons. The molecule has 0 spiro atoms. The molecular formula is C14H12Cl2N4O. The van der Waals surface area contributed by atoms with E-state index in [9.17, 15) is 4.79 Å². The highest BCUT2D eigenvalue weighted by atomic mass is 35.5. The highest BCUT2D eigenvalue weighted by Crippen LogP contribution is 2.27. The zero-order valence-electron chi connectivity index (χ0n) is 10.9. The molecule has 0 atom stereocenters. The Morgan fingerprint density at radius 1 is 1.24 bits per heavy atom. The van der Waals surface area contributed by atoms with E-state index in [0.29, 0.717) is 28.1 Å². The Hall–Kier alpha value is -2.11.